The van der Waals surface area contributed by atoms with E-state index in [1.807, 2.05) is 31.2 Å². The maximum atomic E-state index is 12.9. The maximum absolute atomic E-state index is 12.9. The number of carbonyl (C=O) groups is 5. The van der Waals surface area contributed by atoms with Gasteiger partial charge >= 0.3 is 11.9 Å². The van der Waals surface area contributed by atoms with Gasteiger partial charge in [-0.1, -0.05) is 43.7 Å². The zero-order chi connectivity index (χ0) is 27.1. The van der Waals surface area contributed by atoms with Crippen molar-refractivity contribution in [2.45, 2.75) is 59.5 Å². The number of hydrogen-bond donors (Lipinski definition) is 3. The van der Waals surface area contributed by atoms with E-state index in [4.69, 9.17) is 9.47 Å². The van der Waals surface area contributed by atoms with E-state index in [2.05, 4.69) is 16.0 Å². The molecule has 198 valence electrons. The number of ether oxygens (including phenoxy) is 2. The van der Waals surface area contributed by atoms with Crippen molar-refractivity contribution in [2.24, 2.45) is 5.92 Å². The number of benzene rings is 1. The number of esters is 2. The molecule has 0 heterocycles. The monoisotopic (exact) mass is 503 g/mol. The third-order valence-corrected chi connectivity index (χ3v) is 5.02. The summed E-state index contributed by atoms with van der Waals surface area (Å²) in [5.41, 5.74) is 1.94. The van der Waals surface area contributed by atoms with Crippen LogP contribution in [-0.2, 0) is 33.4 Å². The molecular weight excluding hydrogens is 466 g/mol. The maximum Gasteiger partial charge on any atom is 0.328 e. The highest BCUT2D eigenvalue weighted by molar-refractivity contribution is 5.95. The predicted octanol–water partition coefficient (Wildman–Crippen LogP) is 1.66. The molecule has 0 aliphatic rings. The lowest BCUT2D eigenvalue weighted by molar-refractivity contribution is -0.149. The SMILES string of the molecule is CCOC(=O)CC[C@@H](NC(=O)[C@@H](NC(=O)CNC(=O)/C=C/c1ccc(C)cc1)C(C)C)C(=O)OCC. The Bertz CT molecular complexity index is 926. The van der Waals surface area contributed by atoms with Gasteiger partial charge < -0.3 is 25.4 Å². The predicted molar refractivity (Wildman–Crippen MR) is 134 cm³/mol. The summed E-state index contributed by atoms with van der Waals surface area (Å²) in [5, 5.41) is 7.61. The van der Waals surface area contributed by atoms with Crippen LogP contribution in [0.1, 0.15) is 51.7 Å². The van der Waals surface area contributed by atoms with Crippen LogP contribution in [-0.4, -0.2) is 61.5 Å². The summed E-state index contributed by atoms with van der Waals surface area (Å²) in [6, 6.07) is 5.53. The number of carbonyl (C=O) groups excluding carboxylic acids is 5. The number of aryl methyl sites for hydroxylation is 1. The fourth-order valence-electron chi connectivity index (χ4n) is 3.08. The van der Waals surface area contributed by atoms with Crippen molar-refractivity contribution < 1.29 is 33.4 Å². The van der Waals surface area contributed by atoms with Crippen molar-refractivity contribution in [3.05, 3.63) is 41.5 Å². The van der Waals surface area contributed by atoms with E-state index in [1.54, 1.807) is 33.8 Å². The molecule has 0 unspecified atom stereocenters. The molecule has 3 N–H and O–H groups in total. The van der Waals surface area contributed by atoms with Gasteiger partial charge in [-0.3, -0.25) is 19.2 Å². The van der Waals surface area contributed by atoms with Gasteiger partial charge in [-0.2, -0.15) is 0 Å². The number of amides is 3. The second-order valence-electron chi connectivity index (χ2n) is 8.41. The van der Waals surface area contributed by atoms with E-state index < -0.39 is 41.7 Å². The molecule has 36 heavy (non-hydrogen) atoms. The van der Waals surface area contributed by atoms with E-state index in [9.17, 15) is 24.0 Å². The lowest BCUT2D eigenvalue weighted by Gasteiger charge is -2.24. The van der Waals surface area contributed by atoms with Gasteiger partial charge in [-0.05, 0) is 44.7 Å². The van der Waals surface area contributed by atoms with Crippen LogP contribution in [0.15, 0.2) is 30.3 Å². The smallest absolute Gasteiger partial charge is 0.328 e. The highest BCUT2D eigenvalue weighted by Crippen LogP contribution is 2.07. The van der Waals surface area contributed by atoms with Gasteiger partial charge in [-0.25, -0.2) is 4.79 Å². The zero-order valence-electron chi connectivity index (χ0n) is 21.6. The number of rotatable bonds is 14. The first-order chi connectivity index (χ1) is 17.1. The Kier molecular flexibility index (Phi) is 13.5. The summed E-state index contributed by atoms with van der Waals surface area (Å²) in [4.78, 5) is 61.3. The lowest BCUT2D eigenvalue weighted by atomic mass is 10.0. The van der Waals surface area contributed by atoms with E-state index in [1.165, 1.54) is 6.08 Å². The van der Waals surface area contributed by atoms with Crippen molar-refractivity contribution in [1.82, 2.24) is 16.0 Å². The van der Waals surface area contributed by atoms with Crippen molar-refractivity contribution in [3.8, 4) is 0 Å². The molecule has 1 rings (SSSR count). The Morgan fingerprint density at radius 1 is 0.944 bits per heavy atom. The van der Waals surface area contributed by atoms with Crippen LogP contribution in [0.2, 0.25) is 0 Å². The molecular formula is C26H37N3O7. The minimum atomic E-state index is -1.08. The Morgan fingerprint density at radius 2 is 1.58 bits per heavy atom. The normalized spacial score (nSPS) is 12.5. The fraction of sp³-hybridized carbons (Fsp3) is 0.500. The highest BCUT2D eigenvalue weighted by atomic mass is 16.5. The summed E-state index contributed by atoms with van der Waals surface area (Å²) in [6.45, 7) is 8.69. The molecule has 0 aliphatic heterocycles. The second kappa shape index (κ2) is 16.1. The summed E-state index contributed by atoms with van der Waals surface area (Å²) in [7, 11) is 0. The number of nitrogens with one attached hydrogen (secondary N) is 3. The van der Waals surface area contributed by atoms with Gasteiger partial charge in [0.25, 0.3) is 0 Å². The average Bonchev–Trinajstić information content (AvgIpc) is 2.83. The molecule has 0 bridgehead atoms. The molecule has 2 atom stereocenters. The quantitative estimate of drug-likeness (QED) is 0.259. The van der Waals surface area contributed by atoms with Crippen LogP contribution in [0, 0.1) is 12.8 Å². The van der Waals surface area contributed by atoms with Crippen LogP contribution < -0.4 is 16.0 Å². The highest BCUT2D eigenvalue weighted by Gasteiger charge is 2.30. The molecule has 10 heteroatoms. The van der Waals surface area contributed by atoms with Gasteiger partial charge in [0.1, 0.15) is 12.1 Å². The summed E-state index contributed by atoms with van der Waals surface area (Å²) < 4.78 is 9.87. The third kappa shape index (κ3) is 11.6. The van der Waals surface area contributed by atoms with Gasteiger partial charge in [0.15, 0.2) is 0 Å². The van der Waals surface area contributed by atoms with Crippen molar-refractivity contribution >= 4 is 35.7 Å². The topological polar surface area (TPSA) is 140 Å². The molecule has 0 aromatic heterocycles. The van der Waals surface area contributed by atoms with E-state index in [0.717, 1.165) is 11.1 Å². The van der Waals surface area contributed by atoms with Crippen molar-refractivity contribution in [3.63, 3.8) is 0 Å². The van der Waals surface area contributed by atoms with Crippen LogP contribution in [0.3, 0.4) is 0 Å². The minimum Gasteiger partial charge on any atom is -0.466 e. The van der Waals surface area contributed by atoms with Crippen LogP contribution in [0.5, 0.6) is 0 Å². The molecule has 3 amide bonds. The van der Waals surface area contributed by atoms with Crippen LogP contribution in [0.25, 0.3) is 6.08 Å². The van der Waals surface area contributed by atoms with Gasteiger partial charge in [0, 0.05) is 12.5 Å². The zero-order valence-corrected chi connectivity index (χ0v) is 21.6. The Morgan fingerprint density at radius 3 is 2.17 bits per heavy atom. The van der Waals surface area contributed by atoms with E-state index in [0.29, 0.717) is 0 Å². The molecule has 0 radical (unpaired) electrons. The molecule has 0 fully saturated rings. The first kappa shape index (κ1) is 30.3. The molecule has 1 aromatic carbocycles. The standard InChI is InChI=1S/C26H37N3O7/c1-6-35-23(32)15-13-20(26(34)36-7-2)28-25(33)24(17(3)4)29-22(31)16-27-21(30)14-12-19-10-8-18(5)9-11-19/h8-12,14,17,20,24H,6-7,13,15-16H2,1-5H3,(H,27,30)(H,28,33)(H,29,31)/b14-12+/t20-,24+/m1/s1. The largest absolute Gasteiger partial charge is 0.466 e. The van der Waals surface area contributed by atoms with Gasteiger partial charge in [0.2, 0.25) is 17.7 Å². The Labute approximate surface area is 212 Å². The van der Waals surface area contributed by atoms with Gasteiger partial charge in [0.05, 0.1) is 19.8 Å². The Hall–Kier alpha value is -3.69. The summed E-state index contributed by atoms with van der Waals surface area (Å²) in [6.07, 6.45) is 2.85. The van der Waals surface area contributed by atoms with Gasteiger partial charge in [-0.15, -0.1) is 0 Å². The minimum absolute atomic E-state index is 0.00839. The van der Waals surface area contributed by atoms with Crippen molar-refractivity contribution in [2.75, 3.05) is 19.8 Å². The van der Waals surface area contributed by atoms with E-state index >= 15 is 0 Å². The molecule has 0 saturated heterocycles. The molecule has 0 spiro atoms. The molecule has 0 aliphatic carbocycles. The summed E-state index contributed by atoms with van der Waals surface area (Å²) >= 11 is 0. The molecule has 10 nitrogen and oxygen atoms in total. The lowest BCUT2D eigenvalue weighted by Crippen LogP contribution is -2.55. The molecule has 0 saturated carbocycles. The van der Waals surface area contributed by atoms with Crippen LogP contribution in [0.4, 0.5) is 0 Å². The molecule has 1 aromatic rings. The summed E-state index contributed by atoms with van der Waals surface area (Å²) in [5.74, 6) is -3.14. The fourth-order valence-corrected chi connectivity index (χ4v) is 3.08. The van der Waals surface area contributed by atoms with E-state index in [-0.39, 0.29) is 38.5 Å². The average molecular weight is 504 g/mol. The number of hydrogen-bond acceptors (Lipinski definition) is 7. The van der Waals surface area contributed by atoms with Crippen molar-refractivity contribution in [1.29, 1.82) is 0 Å². The second-order valence-corrected chi connectivity index (χ2v) is 8.41. The first-order valence-corrected chi connectivity index (χ1v) is 12.0. The third-order valence-electron chi connectivity index (χ3n) is 5.02. The van der Waals surface area contributed by atoms with Crippen LogP contribution >= 0.6 is 0 Å². The Balaban J connectivity index is 2.69. The first-order valence-electron chi connectivity index (χ1n) is 12.0.